The van der Waals surface area contributed by atoms with Gasteiger partial charge in [-0.3, -0.25) is 14.6 Å². The lowest BCUT2D eigenvalue weighted by Crippen LogP contribution is -2.47. The number of pyridine rings is 1. The number of nitrogens with one attached hydrogen (secondary N) is 1. The van der Waals surface area contributed by atoms with Crippen LogP contribution in [0.15, 0.2) is 24.4 Å². The van der Waals surface area contributed by atoms with Crippen molar-refractivity contribution in [3.05, 3.63) is 30.1 Å². The fourth-order valence-electron chi connectivity index (χ4n) is 4.57. The third-order valence-electron chi connectivity index (χ3n) is 5.98. The van der Waals surface area contributed by atoms with Crippen LogP contribution in [0.3, 0.4) is 0 Å². The molecule has 0 aromatic carbocycles. The van der Waals surface area contributed by atoms with Gasteiger partial charge >= 0.3 is 0 Å². The van der Waals surface area contributed by atoms with Crippen LogP contribution in [-0.2, 0) is 4.79 Å². The molecule has 2 aliphatic carbocycles. The summed E-state index contributed by atoms with van der Waals surface area (Å²) in [4.78, 5) is 31.0. The van der Waals surface area contributed by atoms with Crippen LogP contribution in [0.1, 0.15) is 49.0 Å². The van der Waals surface area contributed by atoms with E-state index in [1.165, 1.54) is 25.7 Å². The van der Waals surface area contributed by atoms with Gasteiger partial charge in [0.05, 0.1) is 0 Å². The molecule has 5 heteroatoms. The van der Waals surface area contributed by atoms with Crippen molar-refractivity contribution in [3.8, 4) is 0 Å². The normalized spacial score (nSPS) is 29.7. The third-order valence-corrected chi connectivity index (χ3v) is 5.98. The van der Waals surface area contributed by atoms with Crippen molar-refractivity contribution in [1.82, 2.24) is 15.2 Å². The third kappa shape index (κ3) is 3.04. The number of aromatic nitrogens is 1. The Labute approximate surface area is 142 Å². The Balaban J connectivity index is 1.26. The summed E-state index contributed by atoms with van der Waals surface area (Å²) < 4.78 is 0. The molecular weight excluding hydrogens is 302 g/mol. The lowest BCUT2D eigenvalue weighted by Gasteiger charge is -2.32. The second kappa shape index (κ2) is 6.54. The average molecular weight is 327 g/mol. The molecule has 1 aromatic heterocycles. The minimum atomic E-state index is -0.117. The number of likely N-dealkylation sites (tertiary alicyclic amines) is 1. The standard InChI is InChI=1S/C19H25N3O2/c23-18(16-7-3-4-10-20-16)21-13-8-11-22(12-9-13)19(24)17-14-5-1-2-6-15(14)17/h3-4,7,10,13-15,17H,1-2,5-6,8-9,11-12H2,(H,21,23)/t14-,15-/m0/s1. The Kier molecular flexibility index (Phi) is 4.25. The molecule has 2 atom stereocenters. The summed E-state index contributed by atoms with van der Waals surface area (Å²) >= 11 is 0. The summed E-state index contributed by atoms with van der Waals surface area (Å²) in [7, 11) is 0. The lowest BCUT2D eigenvalue weighted by atomic mass is 10.0. The molecule has 0 bridgehead atoms. The summed E-state index contributed by atoms with van der Waals surface area (Å²) in [5, 5.41) is 3.05. The molecule has 4 rings (SSSR count). The minimum Gasteiger partial charge on any atom is -0.348 e. The first-order valence-electron chi connectivity index (χ1n) is 9.25. The Morgan fingerprint density at radius 1 is 1.04 bits per heavy atom. The fraction of sp³-hybridized carbons (Fsp3) is 0.632. The van der Waals surface area contributed by atoms with Crippen molar-refractivity contribution < 1.29 is 9.59 Å². The number of nitrogens with zero attached hydrogens (tertiary/aromatic N) is 2. The molecule has 24 heavy (non-hydrogen) atoms. The fourth-order valence-corrected chi connectivity index (χ4v) is 4.57. The molecule has 0 unspecified atom stereocenters. The van der Waals surface area contributed by atoms with Gasteiger partial charge in [-0.05, 0) is 49.7 Å². The van der Waals surface area contributed by atoms with Crippen LogP contribution in [-0.4, -0.2) is 40.8 Å². The van der Waals surface area contributed by atoms with E-state index < -0.39 is 0 Å². The lowest BCUT2D eigenvalue weighted by molar-refractivity contribution is -0.134. The molecule has 2 heterocycles. The predicted octanol–water partition coefficient (Wildman–Crippen LogP) is 2.24. The van der Waals surface area contributed by atoms with Gasteiger partial charge in [-0.25, -0.2) is 0 Å². The van der Waals surface area contributed by atoms with E-state index in [0.717, 1.165) is 25.9 Å². The van der Waals surface area contributed by atoms with Gasteiger partial charge in [0.15, 0.2) is 0 Å². The minimum absolute atomic E-state index is 0.117. The Bertz CT molecular complexity index is 598. The Morgan fingerprint density at radius 2 is 1.75 bits per heavy atom. The molecule has 3 aliphatic rings. The maximum Gasteiger partial charge on any atom is 0.270 e. The van der Waals surface area contributed by atoms with Crippen molar-refractivity contribution in [2.24, 2.45) is 17.8 Å². The zero-order chi connectivity index (χ0) is 16.5. The van der Waals surface area contributed by atoms with Gasteiger partial charge in [0, 0.05) is 31.2 Å². The van der Waals surface area contributed by atoms with Gasteiger partial charge in [-0.1, -0.05) is 18.9 Å². The van der Waals surface area contributed by atoms with Gasteiger partial charge in [0.2, 0.25) is 5.91 Å². The molecule has 1 aliphatic heterocycles. The second-order valence-corrected chi connectivity index (χ2v) is 7.43. The number of amides is 2. The number of hydrogen-bond donors (Lipinski definition) is 1. The van der Waals surface area contributed by atoms with E-state index in [4.69, 9.17) is 0 Å². The molecule has 5 nitrogen and oxygen atoms in total. The Morgan fingerprint density at radius 3 is 2.38 bits per heavy atom. The SMILES string of the molecule is O=C(NC1CCN(C(=O)C2[C@H]3CCCC[C@H]23)CC1)c1ccccn1. The van der Waals surface area contributed by atoms with Crippen LogP contribution >= 0.6 is 0 Å². The molecule has 0 spiro atoms. The van der Waals surface area contributed by atoms with Crippen LogP contribution < -0.4 is 5.32 Å². The van der Waals surface area contributed by atoms with E-state index >= 15 is 0 Å². The van der Waals surface area contributed by atoms with Crippen molar-refractivity contribution >= 4 is 11.8 Å². The molecule has 1 saturated heterocycles. The number of hydrogen-bond acceptors (Lipinski definition) is 3. The molecular formula is C19H25N3O2. The van der Waals surface area contributed by atoms with Crippen LogP contribution in [0.2, 0.25) is 0 Å². The number of piperidine rings is 1. The maximum absolute atomic E-state index is 12.7. The topological polar surface area (TPSA) is 62.3 Å². The number of carbonyl (C=O) groups is 2. The molecule has 0 radical (unpaired) electrons. The Hall–Kier alpha value is -1.91. The predicted molar refractivity (Wildman–Crippen MR) is 90.2 cm³/mol. The van der Waals surface area contributed by atoms with Crippen LogP contribution in [0.25, 0.3) is 0 Å². The quantitative estimate of drug-likeness (QED) is 0.926. The van der Waals surface area contributed by atoms with E-state index in [1.54, 1.807) is 18.3 Å². The van der Waals surface area contributed by atoms with Gasteiger partial charge in [-0.15, -0.1) is 0 Å². The van der Waals surface area contributed by atoms with Crippen molar-refractivity contribution in [3.63, 3.8) is 0 Å². The van der Waals surface area contributed by atoms with Crippen molar-refractivity contribution in [2.45, 2.75) is 44.6 Å². The van der Waals surface area contributed by atoms with E-state index in [2.05, 4.69) is 10.3 Å². The van der Waals surface area contributed by atoms with Crippen molar-refractivity contribution in [1.29, 1.82) is 0 Å². The van der Waals surface area contributed by atoms with Gasteiger partial charge in [0.1, 0.15) is 5.69 Å². The van der Waals surface area contributed by atoms with E-state index in [-0.39, 0.29) is 11.9 Å². The van der Waals surface area contributed by atoms with Gasteiger partial charge in [0.25, 0.3) is 5.91 Å². The summed E-state index contributed by atoms with van der Waals surface area (Å²) in [6.07, 6.45) is 8.40. The van der Waals surface area contributed by atoms with Crippen molar-refractivity contribution in [2.75, 3.05) is 13.1 Å². The van der Waals surface area contributed by atoms with Crippen LogP contribution in [0.5, 0.6) is 0 Å². The highest BCUT2D eigenvalue weighted by Crippen LogP contribution is 2.56. The average Bonchev–Trinajstić information content (AvgIpc) is 3.37. The van der Waals surface area contributed by atoms with E-state index in [0.29, 0.717) is 29.4 Å². The number of rotatable bonds is 3. The smallest absolute Gasteiger partial charge is 0.270 e. The molecule has 2 amide bonds. The zero-order valence-electron chi connectivity index (χ0n) is 14.0. The number of carbonyl (C=O) groups excluding carboxylic acids is 2. The maximum atomic E-state index is 12.7. The second-order valence-electron chi connectivity index (χ2n) is 7.43. The van der Waals surface area contributed by atoms with E-state index in [1.807, 2.05) is 11.0 Å². The van der Waals surface area contributed by atoms with Gasteiger partial charge < -0.3 is 10.2 Å². The highest BCUT2D eigenvalue weighted by Gasteiger charge is 2.55. The van der Waals surface area contributed by atoms with Crippen LogP contribution in [0, 0.1) is 17.8 Å². The summed E-state index contributed by atoms with van der Waals surface area (Å²) in [6.45, 7) is 1.53. The molecule has 1 N–H and O–H groups in total. The monoisotopic (exact) mass is 327 g/mol. The summed E-state index contributed by atoms with van der Waals surface area (Å²) in [5.41, 5.74) is 0.457. The number of fused-ring (bicyclic) bond motifs is 1. The summed E-state index contributed by atoms with van der Waals surface area (Å²) in [5.74, 6) is 1.92. The highest BCUT2D eigenvalue weighted by molar-refractivity contribution is 5.92. The first-order valence-corrected chi connectivity index (χ1v) is 9.25. The largest absolute Gasteiger partial charge is 0.348 e. The first kappa shape index (κ1) is 15.6. The first-order chi connectivity index (χ1) is 11.7. The highest BCUT2D eigenvalue weighted by atomic mass is 16.2. The molecule has 3 fully saturated rings. The molecule has 1 aromatic rings. The summed E-state index contributed by atoms with van der Waals surface area (Å²) in [6, 6.07) is 5.49. The zero-order valence-corrected chi connectivity index (χ0v) is 14.0. The van der Waals surface area contributed by atoms with Crippen LogP contribution in [0.4, 0.5) is 0 Å². The molecule has 128 valence electrons. The van der Waals surface area contributed by atoms with Gasteiger partial charge in [-0.2, -0.15) is 0 Å². The van der Waals surface area contributed by atoms with E-state index in [9.17, 15) is 9.59 Å². The molecule has 2 saturated carbocycles.